The van der Waals surface area contributed by atoms with Gasteiger partial charge in [-0.25, -0.2) is 9.97 Å². The second-order valence-electron chi connectivity index (χ2n) is 5.68. The summed E-state index contributed by atoms with van der Waals surface area (Å²) < 4.78 is 6.39. The van der Waals surface area contributed by atoms with Crippen LogP contribution in [-0.2, 0) is 9.16 Å². The Labute approximate surface area is 168 Å². The van der Waals surface area contributed by atoms with Crippen LogP contribution < -0.4 is 4.90 Å². The molecule has 0 saturated carbocycles. The van der Waals surface area contributed by atoms with Crippen LogP contribution in [0.1, 0.15) is 19.4 Å². The molecule has 1 saturated heterocycles. The molecular formula is C20H23IN4O. The first kappa shape index (κ1) is 19.0. The Kier molecular flexibility index (Phi) is 6.73. The largest absolute Gasteiger partial charge is 0.378 e. The number of anilines is 1. The lowest BCUT2D eigenvalue weighted by Gasteiger charge is -2.28. The van der Waals surface area contributed by atoms with E-state index in [-0.39, 0.29) is 0 Å². The average molecular weight is 462 g/mol. The smallest absolute Gasteiger partial charge is 0.162 e. The third-order valence-corrected chi connectivity index (χ3v) is 4.95. The average Bonchev–Trinajstić information content (AvgIpc) is 2.75. The number of benzene rings is 1. The van der Waals surface area contributed by atoms with E-state index in [1.54, 1.807) is 0 Å². The molecule has 5 nitrogen and oxygen atoms in total. The molecule has 6 heteroatoms. The number of halogens is 1. The summed E-state index contributed by atoms with van der Waals surface area (Å²) in [5.41, 5.74) is 3.97. The van der Waals surface area contributed by atoms with Gasteiger partial charge in [-0.2, -0.15) is 0 Å². The molecule has 0 bridgehead atoms. The Morgan fingerprint density at radius 3 is 2.50 bits per heavy atom. The van der Waals surface area contributed by atoms with Crippen molar-refractivity contribution in [1.82, 2.24) is 15.0 Å². The molecule has 0 radical (unpaired) electrons. The summed E-state index contributed by atoms with van der Waals surface area (Å²) in [5.74, 6) is 1.65. The van der Waals surface area contributed by atoms with E-state index in [9.17, 15) is 0 Å². The fraction of sp³-hybridized carbons (Fsp3) is 0.350. The first-order chi connectivity index (χ1) is 12.8. The molecule has 3 aromatic rings. The molecule has 2 aromatic heterocycles. The highest BCUT2D eigenvalue weighted by Crippen LogP contribution is 2.27. The van der Waals surface area contributed by atoms with Crippen molar-refractivity contribution in [3.05, 3.63) is 48.2 Å². The third-order valence-electron chi connectivity index (χ3n) is 4.07. The van der Waals surface area contributed by atoms with Crippen molar-refractivity contribution in [2.45, 2.75) is 18.3 Å². The van der Waals surface area contributed by atoms with Gasteiger partial charge in [0.15, 0.2) is 11.6 Å². The Bertz CT molecular complexity index is 851. The predicted octanol–water partition coefficient (Wildman–Crippen LogP) is 4.49. The lowest BCUT2D eigenvalue weighted by atomic mass is 10.2. The zero-order valence-corrected chi connectivity index (χ0v) is 17.3. The zero-order chi connectivity index (χ0) is 18.4. The Balaban J connectivity index is 0.000000948. The number of fused-ring (bicyclic) bond motifs is 1. The van der Waals surface area contributed by atoms with E-state index in [0.29, 0.717) is 0 Å². The fourth-order valence-corrected chi connectivity index (χ4v) is 3.25. The minimum absolute atomic E-state index is 0.720. The SMILES string of the molecule is CC.ICc1cnc2c(N3CCOCC3)nc(-c3ccccc3)nc2c1. The number of hydrogen-bond donors (Lipinski definition) is 0. The van der Waals surface area contributed by atoms with Crippen LogP contribution in [-0.4, -0.2) is 41.3 Å². The van der Waals surface area contributed by atoms with Crippen LogP contribution in [0.2, 0.25) is 0 Å². The molecule has 0 N–H and O–H groups in total. The van der Waals surface area contributed by atoms with Gasteiger partial charge in [0.05, 0.1) is 18.7 Å². The standard InChI is InChI=1S/C18H17IN4O.C2H6/c19-11-13-10-15-16(20-12-13)18(23-6-8-24-9-7-23)22-17(21-15)14-4-2-1-3-5-14;1-2/h1-5,10,12H,6-9,11H2;1-2H3. The first-order valence-electron chi connectivity index (χ1n) is 8.96. The van der Waals surface area contributed by atoms with Gasteiger partial charge in [0.2, 0.25) is 0 Å². The van der Waals surface area contributed by atoms with E-state index in [2.05, 4.69) is 38.5 Å². The monoisotopic (exact) mass is 462 g/mol. The van der Waals surface area contributed by atoms with Crippen LogP contribution in [0.15, 0.2) is 42.6 Å². The molecule has 0 aliphatic carbocycles. The third kappa shape index (κ3) is 4.12. The number of alkyl halides is 1. The minimum atomic E-state index is 0.720. The lowest BCUT2D eigenvalue weighted by Crippen LogP contribution is -2.37. The predicted molar refractivity (Wildman–Crippen MR) is 115 cm³/mol. The van der Waals surface area contributed by atoms with E-state index >= 15 is 0 Å². The van der Waals surface area contributed by atoms with Gasteiger partial charge in [-0.1, -0.05) is 66.8 Å². The van der Waals surface area contributed by atoms with Crippen LogP contribution in [0.4, 0.5) is 5.82 Å². The molecule has 0 amide bonds. The van der Waals surface area contributed by atoms with E-state index in [0.717, 1.165) is 59.0 Å². The summed E-state index contributed by atoms with van der Waals surface area (Å²) >= 11 is 2.35. The van der Waals surface area contributed by atoms with Gasteiger partial charge in [-0.05, 0) is 11.6 Å². The van der Waals surface area contributed by atoms with Crippen molar-refractivity contribution >= 4 is 39.4 Å². The number of hydrogen-bond acceptors (Lipinski definition) is 5. The number of pyridine rings is 1. The molecule has 0 unspecified atom stereocenters. The normalized spacial score (nSPS) is 14.0. The molecule has 136 valence electrons. The summed E-state index contributed by atoms with van der Waals surface area (Å²) in [7, 11) is 0. The molecule has 3 heterocycles. The van der Waals surface area contributed by atoms with E-state index < -0.39 is 0 Å². The summed E-state index contributed by atoms with van der Waals surface area (Å²) in [6, 6.07) is 12.2. The molecule has 4 rings (SSSR count). The van der Waals surface area contributed by atoms with Crippen LogP contribution in [0.25, 0.3) is 22.4 Å². The number of nitrogens with zero attached hydrogens (tertiary/aromatic N) is 4. The summed E-state index contributed by atoms with van der Waals surface area (Å²) in [5, 5.41) is 0. The van der Waals surface area contributed by atoms with Gasteiger partial charge in [-0.15, -0.1) is 0 Å². The quantitative estimate of drug-likeness (QED) is 0.424. The highest BCUT2D eigenvalue weighted by Gasteiger charge is 2.19. The van der Waals surface area contributed by atoms with Crippen LogP contribution >= 0.6 is 22.6 Å². The second-order valence-corrected chi connectivity index (χ2v) is 6.44. The van der Waals surface area contributed by atoms with E-state index in [4.69, 9.17) is 14.7 Å². The molecule has 1 aliphatic heterocycles. The van der Waals surface area contributed by atoms with Crippen LogP contribution in [0, 0.1) is 0 Å². The molecular weight excluding hydrogens is 439 g/mol. The number of ether oxygens (including phenoxy) is 1. The lowest BCUT2D eigenvalue weighted by molar-refractivity contribution is 0.122. The van der Waals surface area contributed by atoms with Gasteiger partial charge in [0, 0.05) is 29.3 Å². The van der Waals surface area contributed by atoms with Crippen molar-refractivity contribution < 1.29 is 4.74 Å². The van der Waals surface area contributed by atoms with Gasteiger partial charge >= 0.3 is 0 Å². The maximum atomic E-state index is 5.48. The van der Waals surface area contributed by atoms with Gasteiger partial charge < -0.3 is 9.64 Å². The molecule has 1 aromatic carbocycles. The Hall–Kier alpha value is -1.80. The van der Waals surface area contributed by atoms with E-state index in [1.807, 2.05) is 50.4 Å². The molecule has 26 heavy (non-hydrogen) atoms. The topological polar surface area (TPSA) is 51.1 Å². The van der Waals surface area contributed by atoms with Gasteiger partial charge in [0.25, 0.3) is 0 Å². The van der Waals surface area contributed by atoms with Crippen LogP contribution in [0.5, 0.6) is 0 Å². The molecule has 0 spiro atoms. The van der Waals surface area contributed by atoms with Crippen molar-refractivity contribution in [1.29, 1.82) is 0 Å². The highest BCUT2D eigenvalue weighted by atomic mass is 127. The summed E-state index contributed by atoms with van der Waals surface area (Å²) in [6.45, 7) is 7.10. The maximum absolute atomic E-state index is 5.48. The zero-order valence-electron chi connectivity index (χ0n) is 15.2. The molecule has 0 atom stereocenters. The number of morpholine rings is 1. The van der Waals surface area contributed by atoms with Crippen molar-refractivity contribution in [3.8, 4) is 11.4 Å². The molecule has 1 aliphatic rings. The summed E-state index contributed by atoms with van der Waals surface area (Å²) in [4.78, 5) is 16.5. The Morgan fingerprint density at radius 1 is 1.08 bits per heavy atom. The Morgan fingerprint density at radius 2 is 1.81 bits per heavy atom. The van der Waals surface area contributed by atoms with Gasteiger partial charge in [0.1, 0.15) is 5.52 Å². The fourth-order valence-electron chi connectivity index (χ4n) is 2.83. The maximum Gasteiger partial charge on any atom is 0.162 e. The van der Waals surface area contributed by atoms with E-state index in [1.165, 1.54) is 5.56 Å². The minimum Gasteiger partial charge on any atom is -0.378 e. The number of aromatic nitrogens is 3. The van der Waals surface area contributed by atoms with Crippen molar-refractivity contribution in [2.75, 3.05) is 31.2 Å². The summed E-state index contributed by atoms with van der Waals surface area (Å²) in [6.07, 6.45) is 1.92. The van der Waals surface area contributed by atoms with Crippen molar-refractivity contribution in [2.24, 2.45) is 0 Å². The van der Waals surface area contributed by atoms with Crippen LogP contribution in [0.3, 0.4) is 0 Å². The van der Waals surface area contributed by atoms with Gasteiger partial charge in [-0.3, -0.25) is 4.98 Å². The first-order valence-corrected chi connectivity index (χ1v) is 10.5. The molecule has 1 fully saturated rings. The highest BCUT2D eigenvalue weighted by molar-refractivity contribution is 14.1. The van der Waals surface area contributed by atoms with Crippen molar-refractivity contribution in [3.63, 3.8) is 0 Å². The second kappa shape index (κ2) is 9.23. The number of rotatable bonds is 3.